The summed E-state index contributed by atoms with van der Waals surface area (Å²) in [6.07, 6.45) is 4.20. The molecule has 0 unspecified atom stereocenters. The second-order valence-electron chi connectivity index (χ2n) is 9.43. The van der Waals surface area contributed by atoms with Crippen molar-refractivity contribution in [1.82, 2.24) is 0 Å². The first kappa shape index (κ1) is 28.4. The van der Waals surface area contributed by atoms with Crippen molar-refractivity contribution in [2.75, 3.05) is 17.2 Å². The minimum Gasteiger partial charge on any atom is -0.748 e. The number of anilines is 1. The smallest absolute Gasteiger partial charge is 0.374 e. The Bertz CT molecular complexity index is 1860. The Morgan fingerprint density at radius 1 is 1.10 bits per heavy atom. The highest BCUT2D eigenvalue weighted by Gasteiger charge is 2.27. The fraction of sp³-hybridized carbons (Fsp3) is 0.207. The number of hydrogen-bond acceptors (Lipinski definition) is 10. The molecule has 0 atom stereocenters. The number of carbonyl (C=O) groups excluding carboxylic acids is 2. The van der Waals surface area contributed by atoms with E-state index in [1.165, 1.54) is 28.8 Å². The average Bonchev–Trinajstić information content (AvgIpc) is 3.44. The van der Waals surface area contributed by atoms with Crippen LogP contribution in [0.3, 0.4) is 0 Å². The number of hydrogen-bond donors (Lipinski definition) is 0. The molecule has 1 aliphatic rings. The van der Waals surface area contributed by atoms with Crippen molar-refractivity contribution in [3.05, 3.63) is 82.7 Å². The summed E-state index contributed by atoms with van der Waals surface area (Å²) in [6, 6.07) is 15.8. The quantitative estimate of drug-likeness (QED) is 0.197. The molecular weight excluding hydrogens is 568 g/mol. The number of carbonyl (C=O) groups is 2. The maximum absolute atomic E-state index is 11.6. The molecule has 0 aliphatic carbocycles. The third kappa shape index (κ3) is 6.14. The number of fused-ring (bicyclic) bond motifs is 4. The maximum atomic E-state index is 11.6. The predicted molar refractivity (Wildman–Crippen MR) is 148 cm³/mol. The Kier molecular flexibility index (Phi) is 7.89. The van der Waals surface area contributed by atoms with Gasteiger partial charge in [0.25, 0.3) is 5.52 Å². The van der Waals surface area contributed by atoms with Crippen LogP contribution in [-0.4, -0.2) is 37.2 Å². The molecule has 1 aromatic heterocycles. The third-order valence-electron chi connectivity index (χ3n) is 6.67. The van der Waals surface area contributed by atoms with Gasteiger partial charge in [-0.25, -0.2) is 8.42 Å². The Morgan fingerprint density at radius 3 is 2.59 bits per heavy atom. The van der Waals surface area contributed by atoms with Crippen molar-refractivity contribution in [3.8, 4) is 0 Å². The number of allylic oxidation sites excluding steroid dienone is 2. The van der Waals surface area contributed by atoms with E-state index in [1.807, 2.05) is 47.9 Å². The van der Waals surface area contributed by atoms with Crippen LogP contribution in [0.5, 0.6) is 0 Å². The molecule has 5 rings (SSSR count). The zero-order valence-corrected chi connectivity index (χ0v) is 23.5. The molecule has 0 amide bonds. The molecule has 1 aliphatic heterocycles. The molecule has 2 heterocycles. The van der Waals surface area contributed by atoms with Gasteiger partial charge in [-0.05, 0) is 53.3 Å². The van der Waals surface area contributed by atoms with Gasteiger partial charge in [0, 0.05) is 17.1 Å². The normalized spacial score (nSPS) is 14.7. The lowest BCUT2D eigenvalue weighted by Gasteiger charge is -2.21. The summed E-state index contributed by atoms with van der Waals surface area (Å²) in [5.74, 6) is -2.80. The van der Waals surface area contributed by atoms with Crippen molar-refractivity contribution < 1.29 is 41.8 Å². The molecule has 0 radical (unpaired) electrons. The number of aromatic carboxylic acids is 1. The number of aryl methyl sites for hydroxylation is 1. The summed E-state index contributed by atoms with van der Waals surface area (Å²) in [5.41, 5.74) is 2.45. The number of nitrogens with zero attached hydrogens (tertiary/aromatic N) is 2. The number of oxazole rings is 1. The fourth-order valence-electron chi connectivity index (χ4n) is 4.79. The highest BCUT2D eigenvalue weighted by Crippen LogP contribution is 2.46. The van der Waals surface area contributed by atoms with E-state index < -0.39 is 34.4 Å². The van der Waals surface area contributed by atoms with E-state index >= 15 is 0 Å². The van der Waals surface area contributed by atoms with E-state index in [1.54, 1.807) is 18.2 Å². The number of thioether (sulfide) groups is 1. The van der Waals surface area contributed by atoms with Crippen molar-refractivity contribution >= 4 is 67.5 Å². The summed E-state index contributed by atoms with van der Waals surface area (Å²) in [5, 5.41) is 25.4. The van der Waals surface area contributed by atoms with Gasteiger partial charge in [-0.3, -0.25) is 0 Å². The average molecular weight is 593 g/mol. The molecule has 0 N–H and O–H groups in total. The lowest BCUT2D eigenvalue weighted by Crippen LogP contribution is -2.36. The Labute approximate surface area is 239 Å². The number of carboxylic acid groups (broad SMARTS) is 2. The first-order valence-corrected chi connectivity index (χ1v) is 15.1. The highest BCUT2D eigenvalue weighted by atomic mass is 32.2. The third-order valence-corrected chi connectivity index (χ3v) is 8.57. The molecule has 4 aromatic rings. The number of carboxylic acids is 2. The minimum absolute atomic E-state index is 0.0733. The fourth-order valence-corrected chi connectivity index (χ4v) is 6.39. The molecule has 0 saturated heterocycles. The van der Waals surface area contributed by atoms with Gasteiger partial charge in [0.2, 0.25) is 5.58 Å². The summed E-state index contributed by atoms with van der Waals surface area (Å²) in [6.45, 7) is 1.64. The zero-order chi connectivity index (χ0) is 29.3. The number of aromatic nitrogens is 1. The molecule has 12 heteroatoms. The molecule has 10 nitrogen and oxygen atoms in total. The van der Waals surface area contributed by atoms with E-state index in [9.17, 15) is 32.8 Å². The van der Waals surface area contributed by atoms with Gasteiger partial charge in [0.05, 0.1) is 50.8 Å². The van der Waals surface area contributed by atoms with Crippen LogP contribution in [0, 0.1) is 0 Å². The summed E-state index contributed by atoms with van der Waals surface area (Å²) in [4.78, 5) is 25.1. The summed E-state index contributed by atoms with van der Waals surface area (Å²) in [7, 11) is -4.40. The number of benzene rings is 3. The van der Waals surface area contributed by atoms with Gasteiger partial charge in [-0.2, -0.15) is 4.57 Å². The summed E-state index contributed by atoms with van der Waals surface area (Å²) < 4.78 is 42.0. The van der Waals surface area contributed by atoms with Crippen molar-refractivity contribution in [2.45, 2.75) is 31.2 Å². The van der Waals surface area contributed by atoms with Crippen LogP contribution in [0.25, 0.3) is 27.9 Å². The van der Waals surface area contributed by atoms with Gasteiger partial charge in [-0.15, -0.1) is 0 Å². The van der Waals surface area contributed by atoms with E-state index in [0.29, 0.717) is 33.5 Å². The molecule has 0 fully saturated rings. The molecule has 212 valence electrons. The lowest BCUT2D eigenvalue weighted by molar-refractivity contribution is -0.677. The largest absolute Gasteiger partial charge is 0.748 e. The predicted octanol–water partition coefficient (Wildman–Crippen LogP) is 2.17. The first-order chi connectivity index (χ1) is 19.5. The van der Waals surface area contributed by atoms with E-state index in [2.05, 4.69) is 0 Å². The van der Waals surface area contributed by atoms with E-state index in [-0.39, 0.29) is 18.5 Å². The van der Waals surface area contributed by atoms with Crippen LogP contribution in [0.4, 0.5) is 5.69 Å². The van der Waals surface area contributed by atoms with Crippen molar-refractivity contribution in [1.29, 1.82) is 0 Å². The maximum Gasteiger partial charge on any atom is 0.374 e. The van der Waals surface area contributed by atoms with Gasteiger partial charge < -0.3 is 33.7 Å². The number of aliphatic carboxylic acids is 1. The zero-order valence-electron chi connectivity index (χ0n) is 21.9. The Hall–Kier alpha value is -4.13. The van der Waals surface area contributed by atoms with Crippen LogP contribution in [0.1, 0.15) is 36.0 Å². The lowest BCUT2D eigenvalue weighted by atomic mass is 10.1. The molecule has 0 spiro atoms. The van der Waals surface area contributed by atoms with Gasteiger partial charge >= 0.3 is 5.89 Å². The topological polar surface area (TPSA) is 158 Å². The van der Waals surface area contributed by atoms with Crippen molar-refractivity contribution in [3.63, 3.8) is 0 Å². The van der Waals surface area contributed by atoms with Crippen LogP contribution in [0.15, 0.2) is 80.6 Å². The van der Waals surface area contributed by atoms with Gasteiger partial charge in [0.15, 0.2) is 6.54 Å². The van der Waals surface area contributed by atoms with Gasteiger partial charge in [0.1, 0.15) is 0 Å². The molecular formula is C29H24N2O8S2-2. The molecule has 0 saturated carbocycles. The molecule has 0 bridgehead atoms. The Balaban J connectivity index is 1.60. The molecule has 41 heavy (non-hydrogen) atoms. The van der Waals surface area contributed by atoms with E-state index in [4.69, 9.17) is 4.42 Å². The van der Waals surface area contributed by atoms with E-state index in [0.717, 1.165) is 21.9 Å². The highest BCUT2D eigenvalue weighted by molar-refractivity contribution is 8.03. The minimum atomic E-state index is -4.40. The van der Waals surface area contributed by atoms with Crippen LogP contribution < -0.4 is 19.7 Å². The Morgan fingerprint density at radius 2 is 1.88 bits per heavy atom. The summed E-state index contributed by atoms with van der Waals surface area (Å²) >= 11 is 1.29. The second kappa shape index (κ2) is 11.4. The van der Waals surface area contributed by atoms with Crippen LogP contribution in [-0.2, 0) is 21.5 Å². The van der Waals surface area contributed by atoms with Crippen LogP contribution >= 0.6 is 11.8 Å². The van der Waals surface area contributed by atoms with Crippen molar-refractivity contribution in [2.24, 2.45) is 0 Å². The monoisotopic (exact) mass is 592 g/mol. The first-order valence-electron chi connectivity index (χ1n) is 12.7. The SMILES string of the molecule is CCC(=C/c1oc2ccc3ccccc3c2[n+]1CCCS(=O)(=O)[O-])/C=C1/Sc2ccc(C(=O)[O-])cc2N1CC(=O)[O-]. The number of rotatable bonds is 10. The standard InChI is InChI=1S/C29H26N2O8S2/c1-2-18(15-26-31(17-27(32)33)22-16-20(29(34)35)9-11-24(22)40-26)14-25-30(12-5-13-41(36,37)38)28-21-7-4-3-6-19(21)8-10-23(28)39-25/h3-4,6-11,14-16H,2,5,12-13,17H2,1H3,(H2-,32,33,34,35,36,37,38)/p-2. The molecule has 3 aromatic carbocycles. The van der Waals surface area contributed by atoms with Gasteiger partial charge in [-0.1, -0.05) is 49.0 Å². The van der Waals surface area contributed by atoms with Crippen LogP contribution in [0.2, 0.25) is 0 Å². The second-order valence-corrected chi connectivity index (χ2v) is 12.0.